The highest BCUT2D eigenvalue weighted by Gasteiger charge is 2.33. The number of carbonyl (C=O) groups excluding carboxylic acids is 1. The lowest BCUT2D eigenvalue weighted by atomic mass is 10.0. The lowest BCUT2D eigenvalue weighted by Crippen LogP contribution is -2.33. The average molecular weight is 365 g/mol. The van der Waals surface area contributed by atoms with Crippen molar-refractivity contribution in [2.75, 3.05) is 26.5 Å². The average Bonchev–Trinajstić information content (AvgIpc) is 3.02. The molecule has 0 saturated heterocycles. The molecule has 0 bridgehead atoms. The summed E-state index contributed by atoms with van der Waals surface area (Å²) in [7, 11) is 0. The molecular formula is C22H23NO4. The first-order chi connectivity index (χ1) is 13.3. The molecule has 0 atom stereocenters. The van der Waals surface area contributed by atoms with Gasteiger partial charge in [0.05, 0.1) is 11.1 Å². The van der Waals surface area contributed by atoms with Gasteiger partial charge < -0.3 is 14.2 Å². The fourth-order valence-electron chi connectivity index (χ4n) is 3.38. The summed E-state index contributed by atoms with van der Waals surface area (Å²) in [5, 5.41) is 0. The van der Waals surface area contributed by atoms with Crippen molar-refractivity contribution in [3.8, 4) is 11.5 Å². The lowest BCUT2D eigenvalue weighted by Gasteiger charge is -2.29. The molecule has 0 saturated carbocycles. The highest BCUT2D eigenvalue weighted by atomic mass is 16.5. The largest absolute Gasteiger partial charge is 0.478 e. The Morgan fingerprint density at radius 1 is 1.19 bits per heavy atom. The Morgan fingerprint density at radius 2 is 2.04 bits per heavy atom. The molecule has 0 radical (unpaired) electrons. The van der Waals surface area contributed by atoms with Gasteiger partial charge >= 0.3 is 0 Å². The molecule has 5 nitrogen and oxygen atoms in total. The van der Waals surface area contributed by atoms with Gasteiger partial charge in [-0.3, -0.25) is 9.69 Å². The molecule has 2 aromatic rings. The van der Waals surface area contributed by atoms with Gasteiger partial charge in [-0.1, -0.05) is 30.3 Å². The van der Waals surface area contributed by atoms with Gasteiger partial charge in [0.2, 0.25) is 5.78 Å². The van der Waals surface area contributed by atoms with E-state index in [1.165, 1.54) is 0 Å². The highest BCUT2D eigenvalue weighted by Crippen LogP contribution is 2.41. The minimum Gasteiger partial charge on any atom is -0.478 e. The van der Waals surface area contributed by atoms with Crippen LogP contribution in [0.15, 0.2) is 48.2 Å². The van der Waals surface area contributed by atoms with E-state index >= 15 is 0 Å². The van der Waals surface area contributed by atoms with E-state index in [4.69, 9.17) is 14.2 Å². The van der Waals surface area contributed by atoms with Crippen molar-refractivity contribution in [3.05, 3.63) is 64.9 Å². The van der Waals surface area contributed by atoms with E-state index < -0.39 is 0 Å². The topological polar surface area (TPSA) is 48.0 Å². The van der Waals surface area contributed by atoms with Gasteiger partial charge in [0.1, 0.15) is 18.2 Å². The van der Waals surface area contributed by atoms with Crippen LogP contribution in [-0.2, 0) is 11.3 Å². The van der Waals surface area contributed by atoms with Crippen molar-refractivity contribution in [1.82, 2.24) is 4.90 Å². The van der Waals surface area contributed by atoms with Crippen LogP contribution in [0.2, 0.25) is 0 Å². The molecule has 5 heteroatoms. The highest BCUT2D eigenvalue weighted by molar-refractivity contribution is 6.15. The Bertz CT molecular complexity index is 860. The number of hydrogen-bond donors (Lipinski definition) is 0. The Kier molecular flexibility index (Phi) is 5.23. The van der Waals surface area contributed by atoms with Crippen LogP contribution < -0.4 is 9.47 Å². The van der Waals surface area contributed by atoms with Gasteiger partial charge in [0.25, 0.3) is 0 Å². The minimum absolute atomic E-state index is 0.0786. The summed E-state index contributed by atoms with van der Waals surface area (Å²) in [6, 6.07) is 13.4. The summed E-state index contributed by atoms with van der Waals surface area (Å²) in [5.41, 5.74) is 2.49. The van der Waals surface area contributed by atoms with Crippen molar-refractivity contribution in [3.63, 3.8) is 0 Å². The standard InChI is InChI=1S/C22H23NO4/c1-2-25-12-6-11-23-14-18-19(26-15-23)10-9-17-21(24)20(27-22(17)18)13-16-7-4-3-5-8-16/h3-5,7-10,13H,2,6,11-12,14-15H2,1H3. The molecule has 0 amide bonds. The molecule has 0 aromatic heterocycles. The molecule has 2 heterocycles. The van der Waals surface area contributed by atoms with E-state index in [-0.39, 0.29) is 5.78 Å². The van der Waals surface area contributed by atoms with Gasteiger partial charge in [-0.25, -0.2) is 0 Å². The third-order valence-corrected chi connectivity index (χ3v) is 4.75. The molecule has 0 aliphatic carbocycles. The second-order valence-electron chi connectivity index (χ2n) is 6.65. The number of Topliss-reactive ketones (excluding diaryl/α,β-unsaturated/α-hetero) is 1. The van der Waals surface area contributed by atoms with Gasteiger partial charge in [-0.05, 0) is 37.1 Å². The third-order valence-electron chi connectivity index (χ3n) is 4.75. The van der Waals surface area contributed by atoms with E-state index in [2.05, 4.69) is 4.90 Å². The van der Waals surface area contributed by atoms with Crippen molar-refractivity contribution in [2.24, 2.45) is 0 Å². The van der Waals surface area contributed by atoms with Crippen LogP contribution in [0.1, 0.15) is 34.8 Å². The molecule has 2 aliphatic heterocycles. The Morgan fingerprint density at radius 3 is 2.85 bits per heavy atom. The summed E-state index contributed by atoms with van der Waals surface area (Å²) in [6.07, 6.45) is 2.73. The summed E-state index contributed by atoms with van der Waals surface area (Å²) < 4.78 is 17.3. The van der Waals surface area contributed by atoms with Crippen molar-refractivity contribution < 1.29 is 19.0 Å². The van der Waals surface area contributed by atoms with E-state index in [1.807, 2.05) is 43.3 Å². The number of nitrogens with zero attached hydrogens (tertiary/aromatic N) is 1. The van der Waals surface area contributed by atoms with Crippen LogP contribution in [-0.4, -0.2) is 37.2 Å². The van der Waals surface area contributed by atoms with Crippen LogP contribution in [0.3, 0.4) is 0 Å². The fraction of sp³-hybridized carbons (Fsp3) is 0.318. The molecule has 0 fully saturated rings. The van der Waals surface area contributed by atoms with Crippen molar-refractivity contribution >= 4 is 11.9 Å². The number of ether oxygens (including phenoxy) is 3. The molecule has 4 rings (SSSR count). The van der Waals surface area contributed by atoms with E-state index in [9.17, 15) is 4.79 Å². The van der Waals surface area contributed by atoms with Gasteiger partial charge in [-0.15, -0.1) is 0 Å². The summed E-state index contributed by atoms with van der Waals surface area (Å²) >= 11 is 0. The lowest BCUT2D eigenvalue weighted by molar-refractivity contribution is 0.0760. The zero-order valence-electron chi connectivity index (χ0n) is 15.4. The number of carbonyl (C=O) groups is 1. The number of allylic oxidation sites excluding steroid dienone is 1. The molecular weight excluding hydrogens is 342 g/mol. The molecule has 2 aromatic carbocycles. The first-order valence-corrected chi connectivity index (χ1v) is 9.34. The molecule has 0 N–H and O–H groups in total. The van der Waals surface area contributed by atoms with Gasteiger partial charge in [0, 0.05) is 26.3 Å². The first kappa shape index (κ1) is 17.8. The third kappa shape index (κ3) is 3.75. The predicted octanol–water partition coefficient (Wildman–Crippen LogP) is 3.88. The zero-order valence-corrected chi connectivity index (χ0v) is 15.4. The van der Waals surface area contributed by atoms with Crippen LogP contribution in [0.4, 0.5) is 0 Å². The smallest absolute Gasteiger partial charge is 0.231 e. The number of ketones is 1. The monoisotopic (exact) mass is 365 g/mol. The first-order valence-electron chi connectivity index (χ1n) is 9.34. The Labute approximate surface area is 159 Å². The molecule has 27 heavy (non-hydrogen) atoms. The van der Waals surface area contributed by atoms with Crippen molar-refractivity contribution in [2.45, 2.75) is 19.9 Å². The van der Waals surface area contributed by atoms with Crippen LogP contribution >= 0.6 is 0 Å². The Hall–Kier alpha value is -2.63. The Balaban J connectivity index is 1.54. The predicted molar refractivity (Wildman–Crippen MR) is 103 cm³/mol. The van der Waals surface area contributed by atoms with E-state index in [0.29, 0.717) is 30.3 Å². The minimum atomic E-state index is -0.0786. The summed E-state index contributed by atoms with van der Waals surface area (Å²) in [6.45, 7) is 5.60. The second kappa shape index (κ2) is 7.94. The second-order valence-corrected chi connectivity index (χ2v) is 6.65. The number of fused-ring (bicyclic) bond motifs is 3. The fourth-order valence-corrected chi connectivity index (χ4v) is 3.38. The summed E-state index contributed by atoms with van der Waals surface area (Å²) in [5.74, 6) is 1.71. The maximum absolute atomic E-state index is 12.7. The van der Waals surface area contributed by atoms with Crippen LogP contribution in [0.5, 0.6) is 11.5 Å². The maximum Gasteiger partial charge on any atom is 0.231 e. The molecule has 0 unspecified atom stereocenters. The molecule has 0 spiro atoms. The zero-order chi connectivity index (χ0) is 18.6. The maximum atomic E-state index is 12.7. The van der Waals surface area contributed by atoms with Gasteiger partial charge in [0.15, 0.2) is 5.76 Å². The van der Waals surface area contributed by atoms with Crippen LogP contribution in [0.25, 0.3) is 6.08 Å². The van der Waals surface area contributed by atoms with E-state index in [0.717, 1.165) is 43.1 Å². The number of rotatable bonds is 6. The quantitative estimate of drug-likeness (QED) is 0.574. The van der Waals surface area contributed by atoms with Crippen molar-refractivity contribution in [1.29, 1.82) is 0 Å². The summed E-state index contributed by atoms with van der Waals surface area (Å²) in [4.78, 5) is 15.0. The number of hydrogen-bond acceptors (Lipinski definition) is 5. The molecule has 2 aliphatic rings. The molecule has 140 valence electrons. The SMILES string of the molecule is CCOCCCN1COc2ccc3c(c2C1)OC(=Cc1ccccc1)C3=O. The normalized spacial score (nSPS) is 17.4. The number of benzene rings is 2. The van der Waals surface area contributed by atoms with Gasteiger partial charge in [-0.2, -0.15) is 0 Å². The van der Waals surface area contributed by atoms with E-state index in [1.54, 1.807) is 12.1 Å². The van der Waals surface area contributed by atoms with Crippen LogP contribution in [0, 0.1) is 0 Å².